The van der Waals surface area contributed by atoms with Crippen molar-refractivity contribution in [2.45, 2.75) is 5.41 Å². The van der Waals surface area contributed by atoms with Crippen molar-refractivity contribution in [3.05, 3.63) is 115 Å². The second-order valence-electron chi connectivity index (χ2n) is 5.51. The van der Waals surface area contributed by atoms with Crippen LogP contribution >= 0.6 is 0 Å². The SMILES string of the molecule is c1ccc(C(c2ccncc2)(c2cccnc2)c2ncccn2)nc1. The van der Waals surface area contributed by atoms with Gasteiger partial charge in [-0.3, -0.25) is 15.0 Å². The van der Waals surface area contributed by atoms with Crippen LogP contribution in [0.1, 0.15) is 22.6 Å². The number of aromatic nitrogens is 5. The Balaban J connectivity index is 2.13. The topological polar surface area (TPSA) is 64.5 Å². The third-order valence-electron chi connectivity index (χ3n) is 4.16. The zero-order valence-electron chi connectivity index (χ0n) is 13.4. The predicted octanol–water partition coefficient (Wildman–Crippen LogP) is 3.04. The van der Waals surface area contributed by atoms with E-state index in [4.69, 9.17) is 0 Å². The lowest BCUT2D eigenvalue weighted by Crippen LogP contribution is -2.34. The molecule has 0 saturated heterocycles. The molecule has 4 aromatic heterocycles. The Labute approximate surface area is 145 Å². The Kier molecular flexibility index (Phi) is 3.96. The van der Waals surface area contributed by atoms with Crippen molar-refractivity contribution in [1.29, 1.82) is 0 Å². The zero-order valence-corrected chi connectivity index (χ0v) is 13.4. The molecule has 0 N–H and O–H groups in total. The first-order valence-corrected chi connectivity index (χ1v) is 7.92. The van der Waals surface area contributed by atoms with E-state index in [1.54, 1.807) is 37.2 Å². The van der Waals surface area contributed by atoms with Crippen LogP contribution in [-0.4, -0.2) is 24.9 Å². The molecular weight excluding hydrogens is 310 g/mol. The van der Waals surface area contributed by atoms with Gasteiger partial charge in [0.1, 0.15) is 11.2 Å². The van der Waals surface area contributed by atoms with Crippen LogP contribution < -0.4 is 0 Å². The second kappa shape index (κ2) is 6.57. The first-order valence-electron chi connectivity index (χ1n) is 7.92. The predicted molar refractivity (Wildman–Crippen MR) is 93.7 cm³/mol. The number of pyridine rings is 3. The Hall–Kier alpha value is -3.47. The third kappa shape index (κ3) is 2.55. The van der Waals surface area contributed by atoms with Crippen LogP contribution in [0.3, 0.4) is 0 Å². The highest BCUT2D eigenvalue weighted by Crippen LogP contribution is 2.41. The number of hydrogen-bond acceptors (Lipinski definition) is 5. The van der Waals surface area contributed by atoms with Crippen molar-refractivity contribution >= 4 is 0 Å². The molecule has 0 aliphatic heterocycles. The van der Waals surface area contributed by atoms with Gasteiger partial charge >= 0.3 is 0 Å². The molecule has 4 rings (SSSR count). The highest BCUT2D eigenvalue weighted by molar-refractivity contribution is 5.53. The van der Waals surface area contributed by atoms with E-state index in [2.05, 4.69) is 24.9 Å². The van der Waals surface area contributed by atoms with Crippen LogP contribution in [0.25, 0.3) is 0 Å². The Morgan fingerprint density at radius 3 is 2.04 bits per heavy atom. The van der Waals surface area contributed by atoms with Crippen molar-refractivity contribution < 1.29 is 0 Å². The van der Waals surface area contributed by atoms with Crippen molar-refractivity contribution in [2.24, 2.45) is 0 Å². The molecule has 4 heterocycles. The van der Waals surface area contributed by atoms with E-state index in [9.17, 15) is 0 Å². The zero-order chi connectivity index (χ0) is 17.0. The lowest BCUT2D eigenvalue weighted by atomic mass is 9.71. The van der Waals surface area contributed by atoms with Gasteiger partial charge in [-0.25, -0.2) is 9.97 Å². The summed E-state index contributed by atoms with van der Waals surface area (Å²) in [7, 11) is 0. The lowest BCUT2D eigenvalue weighted by Gasteiger charge is -2.32. The van der Waals surface area contributed by atoms with Gasteiger partial charge in [0.25, 0.3) is 0 Å². The minimum atomic E-state index is -0.764. The van der Waals surface area contributed by atoms with E-state index in [0.717, 1.165) is 16.8 Å². The summed E-state index contributed by atoms with van der Waals surface area (Å²) < 4.78 is 0. The smallest absolute Gasteiger partial charge is 0.149 e. The van der Waals surface area contributed by atoms with Gasteiger partial charge in [-0.05, 0) is 47.5 Å². The van der Waals surface area contributed by atoms with Gasteiger partial charge in [-0.2, -0.15) is 0 Å². The number of nitrogens with zero attached hydrogens (tertiary/aromatic N) is 5. The normalized spacial score (nSPS) is 13.1. The lowest BCUT2D eigenvalue weighted by molar-refractivity contribution is 0.652. The quantitative estimate of drug-likeness (QED) is 0.577. The van der Waals surface area contributed by atoms with Crippen molar-refractivity contribution in [3.63, 3.8) is 0 Å². The Morgan fingerprint density at radius 2 is 1.36 bits per heavy atom. The minimum absolute atomic E-state index is 0.646. The third-order valence-corrected chi connectivity index (χ3v) is 4.16. The summed E-state index contributed by atoms with van der Waals surface area (Å²) in [4.78, 5) is 22.3. The average molecular weight is 325 g/mol. The summed E-state index contributed by atoms with van der Waals surface area (Å²) in [5.41, 5.74) is 2.01. The van der Waals surface area contributed by atoms with Gasteiger partial charge in [0, 0.05) is 43.4 Å². The molecule has 25 heavy (non-hydrogen) atoms. The van der Waals surface area contributed by atoms with Gasteiger partial charge in [-0.1, -0.05) is 12.1 Å². The van der Waals surface area contributed by atoms with Gasteiger partial charge in [0.2, 0.25) is 0 Å². The molecule has 0 amide bonds. The van der Waals surface area contributed by atoms with Crippen LogP contribution in [0.4, 0.5) is 0 Å². The number of hydrogen-bond donors (Lipinski definition) is 0. The molecule has 1 atom stereocenters. The average Bonchev–Trinajstić information content (AvgIpc) is 2.72. The fourth-order valence-corrected chi connectivity index (χ4v) is 3.10. The van der Waals surface area contributed by atoms with Gasteiger partial charge in [0.05, 0.1) is 5.69 Å². The molecule has 5 heteroatoms. The highest BCUT2D eigenvalue weighted by Gasteiger charge is 2.42. The van der Waals surface area contributed by atoms with Crippen LogP contribution in [0.5, 0.6) is 0 Å². The molecule has 0 saturated carbocycles. The summed E-state index contributed by atoms with van der Waals surface area (Å²) >= 11 is 0. The van der Waals surface area contributed by atoms with E-state index in [-0.39, 0.29) is 0 Å². The monoisotopic (exact) mass is 325 g/mol. The first-order chi connectivity index (χ1) is 12.4. The van der Waals surface area contributed by atoms with Gasteiger partial charge in [0.15, 0.2) is 0 Å². The fraction of sp³-hybridized carbons (Fsp3) is 0.0500. The molecule has 4 aromatic rings. The van der Waals surface area contributed by atoms with E-state index in [0.29, 0.717) is 5.82 Å². The summed E-state index contributed by atoms with van der Waals surface area (Å²) in [5, 5.41) is 0. The van der Waals surface area contributed by atoms with Crippen LogP contribution in [0, 0.1) is 0 Å². The van der Waals surface area contributed by atoms with Crippen molar-refractivity contribution in [1.82, 2.24) is 24.9 Å². The molecule has 0 bridgehead atoms. The maximum Gasteiger partial charge on any atom is 0.149 e. The summed E-state index contributed by atoms with van der Waals surface area (Å²) in [5.74, 6) is 0.646. The maximum atomic E-state index is 4.65. The number of rotatable bonds is 4. The Morgan fingerprint density at radius 1 is 0.560 bits per heavy atom. The van der Waals surface area contributed by atoms with Crippen LogP contribution in [0.2, 0.25) is 0 Å². The molecule has 120 valence electrons. The van der Waals surface area contributed by atoms with E-state index in [1.807, 2.05) is 54.7 Å². The second-order valence-corrected chi connectivity index (χ2v) is 5.51. The molecule has 0 radical (unpaired) electrons. The molecule has 0 aliphatic carbocycles. The standard InChI is InChI=1S/C20H15N5/c1-2-10-23-18(6-1)20(16-7-13-21-14-8-16,17-5-3-9-22-15-17)19-24-11-4-12-25-19/h1-15H. The summed E-state index contributed by atoms with van der Waals surface area (Å²) in [6.45, 7) is 0. The molecular formula is C20H15N5. The van der Waals surface area contributed by atoms with E-state index >= 15 is 0 Å². The van der Waals surface area contributed by atoms with Crippen molar-refractivity contribution in [3.8, 4) is 0 Å². The van der Waals surface area contributed by atoms with Gasteiger partial charge in [-0.15, -0.1) is 0 Å². The summed E-state index contributed by atoms with van der Waals surface area (Å²) in [6.07, 6.45) is 12.4. The maximum absolute atomic E-state index is 4.65. The van der Waals surface area contributed by atoms with E-state index < -0.39 is 5.41 Å². The first kappa shape index (κ1) is 15.1. The molecule has 0 aliphatic rings. The van der Waals surface area contributed by atoms with Crippen LogP contribution in [0.15, 0.2) is 91.9 Å². The van der Waals surface area contributed by atoms with Crippen LogP contribution in [-0.2, 0) is 5.41 Å². The van der Waals surface area contributed by atoms with Crippen molar-refractivity contribution in [2.75, 3.05) is 0 Å². The molecule has 0 aromatic carbocycles. The fourth-order valence-electron chi connectivity index (χ4n) is 3.10. The Bertz CT molecular complexity index is 765. The molecule has 0 fully saturated rings. The molecule has 1 unspecified atom stereocenters. The largest absolute Gasteiger partial charge is 0.265 e. The molecule has 0 spiro atoms. The highest BCUT2D eigenvalue weighted by atomic mass is 14.9. The van der Waals surface area contributed by atoms with Gasteiger partial charge < -0.3 is 0 Å². The minimum Gasteiger partial charge on any atom is -0.265 e. The molecule has 5 nitrogen and oxygen atoms in total. The summed E-state index contributed by atoms with van der Waals surface area (Å²) in [6, 6.07) is 15.5. The van der Waals surface area contributed by atoms with E-state index in [1.165, 1.54) is 0 Å².